The van der Waals surface area contributed by atoms with Crippen molar-refractivity contribution in [1.82, 2.24) is 10.2 Å². The molecule has 3 rings (SSSR count). The van der Waals surface area contributed by atoms with Gasteiger partial charge in [0, 0.05) is 12.2 Å². The predicted molar refractivity (Wildman–Crippen MR) is 118 cm³/mol. The third-order valence-corrected chi connectivity index (χ3v) is 6.25. The molecule has 3 aromatic rings. The quantitative estimate of drug-likeness (QED) is 0.485. The second kappa shape index (κ2) is 9.71. The van der Waals surface area contributed by atoms with Crippen LogP contribution in [0.1, 0.15) is 37.8 Å². The molecule has 0 unspecified atom stereocenters. The number of nitrogens with zero attached hydrogens (tertiary/aromatic N) is 2. The second-order valence-electron chi connectivity index (χ2n) is 6.74. The van der Waals surface area contributed by atoms with Gasteiger partial charge >= 0.3 is 0 Å². The van der Waals surface area contributed by atoms with Crippen LogP contribution in [0, 0.1) is 0 Å². The number of thioether (sulfide) groups is 1. The molecule has 1 amide bonds. The third-order valence-electron chi connectivity index (χ3n) is 4.18. The minimum atomic E-state index is -0.264. The maximum atomic E-state index is 12.5. The van der Waals surface area contributed by atoms with E-state index in [2.05, 4.69) is 46.8 Å². The van der Waals surface area contributed by atoms with E-state index in [1.54, 1.807) is 0 Å². The molecule has 1 aromatic heterocycles. The first-order chi connectivity index (χ1) is 13.5. The van der Waals surface area contributed by atoms with Gasteiger partial charge in [-0.05, 0) is 36.1 Å². The van der Waals surface area contributed by atoms with E-state index in [4.69, 9.17) is 0 Å². The van der Waals surface area contributed by atoms with Crippen LogP contribution < -0.4 is 10.6 Å². The Kier molecular flexibility index (Phi) is 7.06. The van der Waals surface area contributed by atoms with Gasteiger partial charge in [0.1, 0.15) is 0 Å². The molecule has 0 radical (unpaired) electrons. The summed E-state index contributed by atoms with van der Waals surface area (Å²) in [4.78, 5) is 12.5. The van der Waals surface area contributed by atoms with Crippen molar-refractivity contribution in [2.45, 2.75) is 42.8 Å². The zero-order valence-electron chi connectivity index (χ0n) is 16.2. The van der Waals surface area contributed by atoms with Crippen LogP contribution in [0.4, 0.5) is 10.8 Å². The van der Waals surface area contributed by atoms with Gasteiger partial charge in [0.15, 0.2) is 4.34 Å². The van der Waals surface area contributed by atoms with Gasteiger partial charge in [-0.3, -0.25) is 4.79 Å². The van der Waals surface area contributed by atoms with Gasteiger partial charge in [0.2, 0.25) is 11.0 Å². The molecule has 7 heteroatoms. The summed E-state index contributed by atoms with van der Waals surface area (Å²) in [7, 11) is 0. The van der Waals surface area contributed by atoms with Gasteiger partial charge in [-0.1, -0.05) is 79.4 Å². The van der Waals surface area contributed by atoms with Crippen LogP contribution in [0.5, 0.6) is 0 Å². The highest BCUT2D eigenvalue weighted by atomic mass is 32.2. The molecule has 0 aliphatic heterocycles. The maximum absolute atomic E-state index is 12.5. The number of nitrogens with one attached hydrogen (secondary N) is 2. The average Bonchev–Trinajstić information content (AvgIpc) is 3.15. The van der Waals surface area contributed by atoms with Crippen LogP contribution in [-0.2, 0) is 11.3 Å². The summed E-state index contributed by atoms with van der Waals surface area (Å²) < 4.78 is 0.772. The van der Waals surface area contributed by atoms with Gasteiger partial charge in [-0.25, -0.2) is 0 Å². The molecule has 146 valence electrons. The molecule has 0 aliphatic carbocycles. The lowest BCUT2D eigenvalue weighted by Crippen LogP contribution is -2.22. The zero-order chi connectivity index (χ0) is 19.9. The Labute approximate surface area is 174 Å². The van der Waals surface area contributed by atoms with E-state index in [9.17, 15) is 4.79 Å². The Balaban J connectivity index is 1.50. The van der Waals surface area contributed by atoms with Crippen molar-refractivity contribution in [3.63, 3.8) is 0 Å². The van der Waals surface area contributed by atoms with Gasteiger partial charge in [0.25, 0.3) is 0 Å². The first-order valence-electron chi connectivity index (χ1n) is 9.20. The number of rotatable bonds is 8. The number of carbonyl (C=O) groups excluding carboxylic acids is 1. The van der Waals surface area contributed by atoms with E-state index in [-0.39, 0.29) is 11.2 Å². The summed E-state index contributed by atoms with van der Waals surface area (Å²) in [6.07, 6.45) is 0. The molecule has 0 saturated heterocycles. The van der Waals surface area contributed by atoms with Gasteiger partial charge in [-0.2, -0.15) is 0 Å². The lowest BCUT2D eigenvalue weighted by Gasteiger charge is -2.11. The average molecular weight is 413 g/mol. The fourth-order valence-electron chi connectivity index (χ4n) is 2.50. The highest BCUT2D eigenvalue weighted by Crippen LogP contribution is 2.29. The number of hydrogen-bond acceptors (Lipinski definition) is 6. The number of aromatic nitrogens is 2. The van der Waals surface area contributed by atoms with Crippen molar-refractivity contribution < 1.29 is 4.79 Å². The van der Waals surface area contributed by atoms with E-state index in [0.717, 1.165) is 15.2 Å². The molecular weight excluding hydrogens is 388 g/mol. The molecule has 5 nitrogen and oxygen atoms in total. The summed E-state index contributed by atoms with van der Waals surface area (Å²) >= 11 is 2.87. The largest absolute Gasteiger partial charge is 0.356 e. The molecule has 0 bridgehead atoms. The van der Waals surface area contributed by atoms with E-state index in [1.807, 2.05) is 49.4 Å². The van der Waals surface area contributed by atoms with Crippen LogP contribution in [0.2, 0.25) is 0 Å². The first-order valence-corrected chi connectivity index (χ1v) is 10.9. The predicted octanol–water partition coefficient (Wildman–Crippen LogP) is 5.39. The van der Waals surface area contributed by atoms with Crippen molar-refractivity contribution in [2.24, 2.45) is 0 Å². The molecule has 0 saturated carbocycles. The number of anilines is 2. The molecule has 0 fully saturated rings. The van der Waals surface area contributed by atoms with Crippen LogP contribution in [0.25, 0.3) is 0 Å². The summed E-state index contributed by atoms with van der Waals surface area (Å²) in [5.74, 6) is 0.428. The number of hydrogen-bond donors (Lipinski definition) is 2. The third kappa shape index (κ3) is 5.81. The summed E-state index contributed by atoms with van der Waals surface area (Å²) in [5.41, 5.74) is 3.25. The number of amides is 1. The molecule has 28 heavy (non-hydrogen) atoms. The molecule has 1 atom stereocenters. The monoisotopic (exact) mass is 412 g/mol. The maximum Gasteiger partial charge on any atom is 0.237 e. The summed E-state index contributed by atoms with van der Waals surface area (Å²) in [6, 6.07) is 18.1. The van der Waals surface area contributed by atoms with Crippen LogP contribution in [0.15, 0.2) is 58.9 Å². The summed E-state index contributed by atoms with van der Waals surface area (Å²) in [5, 5.41) is 15.1. The Bertz CT molecular complexity index is 894. The topological polar surface area (TPSA) is 66.9 Å². The van der Waals surface area contributed by atoms with Crippen molar-refractivity contribution in [2.75, 3.05) is 10.6 Å². The van der Waals surface area contributed by atoms with Crippen LogP contribution in [-0.4, -0.2) is 21.4 Å². The Morgan fingerprint density at radius 1 is 1.04 bits per heavy atom. The zero-order valence-corrected chi connectivity index (χ0v) is 17.8. The standard InChI is InChI=1S/C21H24N4OS2/c1-14(2)17-9-11-18(12-10-17)23-19(26)15(3)27-21-25-24-20(28-21)22-13-16-7-5-4-6-8-16/h4-12,14-15H,13H2,1-3H3,(H,22,24)(H,23,26)/t15-/m0/s1. The fraction of sp³-hybridized carbons (Fsp3) is 0.286. The molecule has 0 spiro atoms. The van der Waals surface area contributed by atoms with E-state index < -0.39 is 0 Å². The highest BCUT2D eigenvalue weighted by Gasteiger charge is 2.17. The van der Waals surface area contributed by atoms with Crippen molar-refractivity contribution in [3.8, 4) is 0 Å². The second-order valence-corrected chi connectivity index (χ2v) is 9.30. The molecule has 0 aliphatic rings. The van der Waals surface area contributed by atoms with Crippen LogP contribution >= 0.6 is 23.1 Å². The number of benzene rings is 2. The van der Waals surface area contributed by atoms with Gasteiger partial charge < -0.3 is 10.6 Å². The van der Waals surface area contributed by atoms with Crippen molar-refractivity contribution in [3.05, 3.63) is 65.7 Å². The SMILES string of the molecule is CC(C)c1ccc(NC(=O)[C@H](C)Sc2nnc(NCc3ccccc3)s2)cc1. The van der Waals surface area contributed by atoms with E-state index in [0.29, 0.717) is 12.5 Å². The van der Waals surface area contributed by atoms with E-state index >= 15 is 0 Å². The minimum absolute atomic E-state index is 0.0451. The van der Waals surface area contributed by atoms with Crippen molar-refractivity contribution >= 4 is 39.8 Å². The Morgan fingerprint density at radius 3 is 2.43 bits per heavy atom. The number of carbonyl (C=O) groups is 1. The Morgan fingerprint density at radius 2 is 1.75 bits per heavy atom. The normalized spacial score (nSPS) is 12.0. The molecular formula is C21H24N4OS2. The van der Waals surface area contributed by atoms with Gasteiger partial charge in [-0.15, -0.1) is 10.2 Å². The Hall–Kier alpha value is -2.38. The molecule has 2 N–H and O–H groups in total. The fourth-order valence-corrected chi connectivity index (χ4v) is 4.39. The van der Waals surface area contributed by atoms with Crippen molar-refractivity contribution in [1.29, 1.82) is 0 Å². The lowest BCUT2D eigenvalue weighted by atomic mass is 10.0. The molecule has 1 heterocycles. The smallest absolute Gasteiger partial charge is 0.237 e. The van der Waals surface area contributed by atoms with Crippen LogP contribution in [0.3, 0.4) is 0 Å². The lowest BCUT2D eigenvalue weighted by molar-refractivity contribution is -0.115. The summed E-state index contributed by atoms with van der Waals surface area (Å²) in [6.45, 7) is 6.87. The van der Waals surface area contributed by atoms with E-state index in [1.165, 1.54) is 34.2 Å². The van der Waals surface area contributed by atoms with Gasteiger partial charge in [0.05, 0.1) is 5.25 Å². The highest BCUT2D eigenvalue weighted by molar-refractivity contribution is 8.02. The minimum Gasteiger partial charge on any atom is -0.356 e. The first kappa shape index (κ1) is 20.4. The molecule has 2 aromatic carbocycles.